The van der Waals surface area contributed by atoms with E-state index in [-0.39, 0.29) is 25.2 Å². The van der Waals surface area contributed by atoms with Gasteiger partial charge in [0.2, 0.25) is 5.00 Å². The standard InChI is InChI=1S/C46H71N5O7S/c1-6-8-10-12-14-16-18-20-22-43(52)57-34-32-55-29-27-51(26-28-54-30-31-56-33-35-58-44(53)23-21-19-17-15-13-11-9-7-2)40-24-25-42(38(3)36-40)49-50-46-41(37-47)39(4)45(48-5)59-46/h24-25,36H,6-23,26-35H2,1-4H3/b50-49+. The van der Waals surface area contributed by atoms with Crippen LogP contribution in [-0.4, -0.2) is 77.9 Å². The molecule has 328 valence electrons. The van der Waals surface area contributed by atoms with Gasteiger partial charge >= 0.3 is 11.9 Å². The van der Waals surface area contributed by atoms with Gasteiger partial charge in [0.15, 0.2) is 0 Å². The Labute approximate surface area is 358 Å². The molecule has 0 bridgehead atoms. The zero-order valence-electron chi connectivity index (χ0n) is 36.5. The summed E-state index contributed by atoms with van der Waals surface area (Å²) in [6.45, 7) is 19.5. The summed E-state index contributed by atoms with van der Waals surface area (Å²) in [5, 5.41) is 19.2. The maximum absolute atomic E-state index is 12.2. The fourth-order valence-corrected chi connectivity index (χ4v) is 7.23. The van der Waals surface area contributed by atoms with Gasteiger partial charge in [0.1, 0.15) is 24.3 Å². The molecule has 0 aliphatic rings. The minimum atomic E-state index is -0.171. The summed E-state index contributed by atoms with van der Waals surface area (Å²) in [7, 11) is 0. The smallest absolute Gasteiger partial charge is 0.305 e. The van der Waals surface area contributed by atoms with E-state index in [1.165, 1.54) is 77.0 Å². The van der Waals surface area contributed by atoms with E-state index < -0.39 is 0 Å². The Bertz CT molecular complexity index is 1570. The Morgan fingerprint density at radius 3 is 1.64 bits per heavy atom. The third-order valence-electron chi connectivity index (χ3n) is 9.94. The van der Waals surface area contributed by atoms with Crippen molar-refractivity contribution in [2.45, 2.75) is 143 Å². The molecule has 0 radical (unpaired) electrons. The van der Waals surface area contributed by atoms with Crippen LogP contribution in [0, 0.1) is 31.8 Å². The summed E-state index contributed by atoms with van der Waals surface area (Å²) >= 11 is 1.16. The normalized spacial score (nSPS) is 11.2. The number of carbonyl (C=O) groups excluding carboxylic acids is 2. The first-order valence-electron chi connectivity index (χ1n) is 22.1. The topological polar surface area (TPSA) is 136 Å². The van der Waals surface area contributed by atoms with E-state index in [0.29, 0.717) is 92.4 Å². The molecule has 0 saturated heterocycles. The van der Waals surface area contributed by atoms with Gasteiger partial charge in [0.25, 0.3) is 0 Å². The van der Waals surface area contributed by atoms with E-state index in [1.54, 1.807) is 6.92 Å². The molecule has 13 heteroatoms. The Balaban J connectivity index is 1.78. The van der Waals surface area contributed by atoms with Crippen LogP contribution in [0.25, 0.3) is 4.85 Å². The molecule has 0 fully saturated rings. The molecule has 0 aliphatic heterocycles. The number of azo groups is 1. The molecule has 12 nitrogen and oxygen atoms in total. The lowest BCUT2D eigenvalue weighted by molar-refractivity contribution is -0.146. The highest BCUT2D eigenvalue weighted by molar-refractivity contribution is 7.20. The number of carbonyl (C=O) groups is 2. The van der Waals surface area contributed by atoms with Gasteiger partial charge < -0.3 is 28.6 Å². The van der Waals surface area contributed by atoms with Gasteiger partial charge in [-0.05, 0) is 56.0 Å². The van der Waals surface area contributed by atoms with Crippen LogP contribution < -0.4 is 4.90 Å². The zero-order chi connectivity index (χ0) is 42.8. The Hall–Kier alpha value is -3.88. The SMILES string of the molecule is [C-]#[N+]c1sc(/N=N/c2ccc(N(CCOCCOCCOC(=O)CCCCCCCCCC)CCOCCOC(=O)CCCCCCCCCC)cc2C)c(C#N)c1C. The van der Waals surface area contributed by atoms with Gasteiger partial charge in [-0.2, -0.15) is 5.26 Å². The van der Waals surface area contributed by atoms with E-state index in [2.05, 4.69) is 39.9 Å². The molecular weight excluding hydrogens is 767 g/mol. The average molecular weight is 838 g/mol. The first kappa shape index (κ1) is 51.3. The molecule has 1 aromatic heterocycles. The predicted molar refractivity (Wildman–Crippen MR) is 236 cm³/mol. The largest absolute Gasteiger partial charge is 0.463 e. The number of unbranched alkanes of at least 4 members (excludes halogenated alkanes) is 14. The summed E-state index contributed by atoms with van der Waals surface area (Å²) in [6, 6.07) is 8.01. The highest BCUT2D eigenvalue weighted by Gasteiger charge is 2.15. The van der Waals surface area contributed by atoms with Crippen LogP contribution >= 0.6 is 11.3 Å². The second-order valence-corrected chi connectivity index (χ2v) is 15.8. The summed E-state index contributed by atoms with van der Waals surface area (Å²) in [5.41, 5.74) is 3.51. The van der Waals surface area contributed by atoms with Crippen LogP contribution in [0.1, 0.15) is 146 Å². The summed E-state index contributed by atoms with van der Waals surface area (Å²) in [6.07, 6.45) is 19.9. The highest BCUT2D eigenvalue weighted by Crippen LogP contribution is 2.41. The number of aryl methyl sites for hydroxylation is 1. The number of ether oxygens (including phenoxy) is 5. The van der Waals surface area contributed by atoms with Crippen molar-refractivity contribution in [1.29, 1.82) is 5.26 Å². The van der Waals surface area contributed by atoms with E-state index in [0.717, 1.165) is 48.3 Å². The second-order valence-electron chi connectivity index (χ2n) is 14.8. The quantitative estimate of drug-likeness (QED) is 0.0284. The molecule has 0 amide bonds. The minimum absolute atomic E-state index is 0.165. The van der Waals surface area contributed by atoms with Crippen LogP contribution in [0.2, 0.25) is 0 Å². The van der Waals surface area contributed by atoms with Gasteiger partial charge in [-0.3, -0.25) is 9.59 Å². The fraction of sp³-hybridized carbons (Fsp3) is 0.696. The van der Waals surface area contributed by atoms with Crippen LogP contribution in [0.5, 0.6) is 0 Å². The number of benzene rings is 1. The van der Waals surface area contributed by atoms with Gasteiger partial charge in [-0.1, -0.05) is 104 Å². The lowest BCUT2D eigenvalue weighted by atomic mass is 10.1. The van der Waals surface area contributed by atoms with E-state index >= 15 is 0 Å². The van der Waals surface area contributed by atoms with E-state index in [4.69, 9.17) is 30.3 Å². The fourth-order valence-electron chi connectivity index (χ4n) is 6.37. The molecule has 1 heterocycles. The van der Waals surface area contributed by atoms with Crippen molar-refractivity contribution in [2.24, 2.45) is 10.2 Å². The lowest BCUT2D eigenvalue weighted by Crippen LogP contribution is -2.31. The Morgan fingerprint density at radius 2 is 1.17 bits per heavy atom. The number of thiophene rings is 1. The molecule has 0 spiro atoms. The number of anilines is 1. The van der Waals surface area contributed by atoms with Crippen LogP contribution in [0.15, 0.2) is 28.4 Å². The Morgan fingerprint density at radius 1 is 0.695 bits per heavy atom. The molecule has 0 aliphatic carbocycles. The van der Waals surface area contributed by atoms with Crippen LogP contribution in [-0.2, 0) is 33.3 Å². The Kier molecular flexibility index (Phi) is 29.5. The molecule has 2 aromatic rings. The lowest BCUT2D eigenvalue weighted by Gasteiger charge is -2.25. The first-order valence-corrected chi connectivity index (χ1v) is 22.9. The van der Waals surface area contributed by atoms with Crippen molar-refractivity contribution in [3.8, 4) is 6.07 Å². The second kappa shape index (κ2) is 33.9. The van der Waals surface area contributed by atoms with Crippen molar-refractivity contribution < 1.29 is 33.3 Å². The van der Waals surface area contributed by atoms with Crippen molar-refractivity contribution in [3.05, 3.63) is 46.3 Å². The number of hydrogen-bond acceptors (Lipinski definition) is 12. The molecule has 0 atom stereocenters. The third-order valence-corrected chi connectivity index (χ3v) is 11.0. The first-order chi connectivity index (χ1) is 28.8. The average Bonchev–Trinajstić information content (AvgIpc) is 3.55. The number of hydrogen-bond donors (Lipinski definition) is 0. The van der Waals surface area contributed by atoms with Gasteiger partial charge in [-0.25, -0.2) is 4.85 Å². The molecule has 1 aromatic carbocycles. The maximum atomic E-state index is 12.2. The van der Waals surface area contributed by atoms with Crippen molar-refractivity contribution in [3.63, 3.8) is 0 Å². The molecule has 2 rings (SSSR count). The summed E-state index contributed by atoms with van der Waals surface area (Å²) < 4.78 is 28.1. The number of rotatable bonds is 36. The third kappa shape index (κ3) is 23.5. The molecule has 0 saturated carbocycles. The van der Waals surface area contributed by atoms with E-state index in [9.17, 15) is 14.9 Å². The molecule has 59 heavy (non-hydrogen) atoms. The van der Waals surface area contributed by atoms with Gasteiger partial charge in [0.05, 0.1) is 57.5 Å². The molecular formula is C46H71N5O7S. The summed E-state index contributed by atoms with van der Waals surface area (Å²) in [4.78, 5) is 29.9. The van der Waals surface area contributed by atoms with Crippen molar-refractivity contribution in [1.82, 2.24) is 0 Å². The number of nitrogens with zero attached hydrogens (tertiary/aromatic N) is 5. The monoisotopic (exact) mass is 838 g/mol. The predicted octanol–water partition coefficient (Wildman–Crippen LogP) is 12.2. The van der Waals surface area contributed by atoms with Crippen LogP contribution in [0.4, 0.5) is 21.4 Å². The van der Waals surface area contributed by atoms with Gasteiger partial charge in [-0.15, -0.1) is 21.6 Å². The zero-order valence-corrected chi connectivity index (χ0v) is 37.3. The highest BCUT2D eigenvalue weighted by atomic mass is 32.1. The minimum Gasteiger partial charge on any atom is -0.463 e. The number of nitriles is 1. The molecule has 0 unspecified atom stereocenters. The molecule has 0 N–H and O–H groups in total. The summed E-state index contributed by atoms with van der Waals surface area (Å²) in [5.74, 6) is -0.336. The van der Waals surface area contributed by atoms with Crippen molar-refractivity contribution >= 4 is 44.7 Å². The van der Waals surface area contributed by atoms with Crippen molar-refractivity contribution in [2.75, 3.05) is 70.8 Å². The maximum Gasteiger partial charge on any atom is 0.305 e. The van der Waals surface area contributed by atoms with E-state index in [1.807, 2.05) is 25.1 Å². The van der Waals surface area contributed by atoms with Crippen LogP contribution in [0.3, 0.4) is 0 Å². The van der Waals surface area contributed by atoms with Gasteiger partial charge in [0, 0.05) is 31.6 Å². The number of esters is 2.